The number of unbranched alkanes of at least 4 members (excludes halogenated alkanes) is 2. The minimum absolute atomic E-state index is 0.141. The number of nitrogens with zero attached hydrogens (tertiary/aromatic N) is 1. The van der Waals surface area contributed by atoms with Crippen LogP contribution in [0.5, 0.6) is 5.75 Å². The number of benzene rings is 1. The van der Waals surface area contributed by atoms with E-state index >= 15 is 0 Å². The lowest BCUT2D eigenvalue weighted by Crippen LogP contribution is -2.31. The Morgan fingerprint density at radius 2 is 1.58 bits per heavy atom. The lowest BCUT2D eigenvalue weighted by atomic mass is 9.86. The molecule has 0 amide bonds. The highest BCUT2D eigenvalue weighted by molar-refractivity contribution is 5.75. The van der Waals surface area contributed by atoms with Crippen LogP contribution >= 0.6 is 0 Å². The van der Waals surface area contributed by atoms with E-state index in [9.17, 15) is 13.6 Å². The first kappa shape index (κ1) is 25.6. The molecule has 0 atom stereocenters. The fraction of sp³-hybridized carbons (Fsp3) is 0.692. The van der Waals surface area contributed by atoms with Crippen molar-refractivity contribution in [1.29, 1.82) is 5.26 Å². The number of hydrogen-bond donors (Lipinski definition) is 0. The highest BCUT2D eigenvalue weighted by Crippen LogP contribution is 2.31. The standard InChI is InChI=1S/C26H35F2NO4/c1-2-3-4-13-31-20-9-5-18(6-10-20)17-32-21-11-7-19(8-12-21)26(30)33-22-14-24(27)23(16-29)25(28)15-22/h14-15,18-21H,2-13,17H2,1H3/t18-,19-,20-,21-. The molecule has 1 aromatic carbocycles. The molecule has 7 heteroatoms. The summed E-state index contributed by atoms with van der Waals surface area (Å²) in [6.07, 6.45) is 11.4. The SMILES string of the molecule is CCCCCO[C@H]1CC[C@H](CO[C@H]2CC[C@H](C(=O)Oc3cc(F)c(C#N)c(F)c3)CC2)CC1. The van der Waals surface area contributed by atoms with Gasteiger partial charge in [0, 0.05) is 25.3 Å². The maximum absolute atomic E-state index is 13.7. The second kappa shape index (κ2) is 13.0. The van der Waals surface area contributed by atoms with E-state index in [1.54, 1.807) is 0 Å². The van der Waals surface area contributed by atoms with Gasteiger partial charge < -0.3 is 14.2 Å². The molecule has 2 saturated carbocycles. The number of carbonyl (C=O) groups excluding carboxylic acids is 1. The molecule has 1 aromatic rings. The van der Waals surface area contributed by atoms with Crippen molar-refractivity contribution >= 4 is 5.97 Å². The number of ether oxygens (including phenoxy) is 3. The monoisotopic (exact) mass is 463 g/mol. The quantitative estimate of drug-likeness (QED) is 0.239. The molecule has 0 saturated heterocycles. The zero-order valence-corrected chi connectivity index (χ0v) is 19.5. The van der Waals surface area contributed by atoms with E-state index < -0.39 is 23.2 Å². The van der Waals surface area contributed by atoms with Crippen LogP contribution in [-0.2, 0) is 14.3 Å². The Bertz CT molecular complexity index is 786. The summed E-state index contributed by atoms with van der Waals surface area (Å²) in [7, 11) is 0. The smallest absolute Gasteiger partial charge is 0.314 e. The molecule has 0 aromatic heterocycles. The van der Waals surface area contributed by atoms with Crippen molar-refractivity contribution in [3.05, 3.63) is 29.3 Å². The van der Waals surface area contributed by atoms with Gasteiger partial charge in [0.15, 0.2) is 0 Å². The van der Waals surface area contributed by atoms with Gasteiger partial charge in [-0.15, -0.1) is 0 Å². The van der Waals surface area contributed by atoms with Crippen molar-refractivity contribution in [2.24, 2.45) is 11.8 Å². The zero-order valence-electron chi connectivity index (χ0n) is 19.5. The van der Waals surface area contributed by atoms with Gasteiger partial charge in [-0.2, -0.15) is 5.26 Å². The number of esters is 1. The predicted molar refractivity (Wildman–Crippen MR) is 120 cm³/mol. The van der Waals surface area contributed by atoms with Crippen molar-refractivity contribution in [3.8, 4) is 11.8 Å². The van der Waals surface area contributed by atoms with Gasteiger partial charge in [0.25, 0.3) is 0 Å². The van der Waals surface area contributed by atoms with Gasteiger partial charge in [0.2, 0.25) is 0 Å². The van der Waals surface area contributed by atoms with Crippen LogP contribution in [0.4, 0.5) is 8.78 Å². The third-order valence-electron chi connectivity index (χ3n) is 6.82. The molecule has 2 fully saturated rings. The van der Waals surface area contributed by atoms with Crippen LogP contribution < -0.4 is 4.74 Å². The Balaban J connectivity index is 1.33. The van der Waals surface area contributed by atoms with E-state index in [2.05, 4.69) is 6.92 Å². The maximum atomic E-state index is 13.7. The lowest BCUT2D eigenvalue weighted by Gasteiger charge is -2.31. The number of nitriles is 1. The van der Waals surface area contributed by atoms with E-state index in [4.69, 9.17) is 19.5 Å². The molecule has 0 unspecified atom stereocenters. The van der Waals surface area contributed by atoms with E-state index in [0.29, 0.717) is 24.9 Å². The minimum atomic E-state index is -1.03. The normalized spacial score (nSPS) is 25.4. The molecule has 33 heavy (non-hydrogen) atoms. The highest BCUT2D eigenvalue weighted by Gasteiger charge is 2.30. The second-order valence-corrected chi connectivity index (χ2v) is 9.32. The Morgan fingerprint density at radius 3 is 2.18 bits per heavy atom. The topological polar surface area (TPSA) is 68.6 Å². The summed E-state index contributed by atoms with van der Waals surface area (Å²) in [6.45, 7) is 3.83. The third kappa shape index (κ3) is 7.75. The molecule has 0 radical (unpaired) electrons. The minimum Gasteiger partial charge on any atom is -0.426 e. The van der Waals surface area contributed by atoms with Crippen LogP contribution in [0.2, 0.25) is 0 Å². The average molecular weight is 464 g/mol. The van der Waals surface area contributed by atoms with E-state index in [-0.39, 0.29) is 17.8 Å². The molecule has 0 aliphatic heterocycles. The highest BCUT2D eigenvalue weighted by atomic mass is 19.1. The number of halogens is 2. The molecule has 3 rings (SSSR count). The molecule has 2 aliphatic rings. The summed E-state index contributed by atoms with van der Waals surface area (Å²) in [5.41, 5.74) is -0.680. The Kier molecular flexibility index (Phi) is 10.1. The van der Waals surface area contributed by atoms with Crippen LogP contribution in [0.3, 0.4) is 0 Å². The van der Waals surface area contributed by atoms with E-state index in [0.717, 1.165) is 70.3 Å². The maximum Gasteiger partial charge on any atom is 0.314 e. The zero-order chi connectivity index (χ0) is 23.6. The summed E-state index contributed by atoms with van der Waals surface area (Å²) >= 11 is 0. The Labute approximate surface area is 195 Å². The largest absolute Gasteiger partial charge is 0.426 e. The first-order chi connectivity index (χ1) is 16.0. The summed E-state index contributed by atoms with van der Waals surface area (Å²) in [5, 5.41) is 8.73. The van der Waals surface area contributed by atoms with Crippen molar-refractivity contribution < 1.29 is 27.8 Å². The van der Waals surface area contributed by atoms with Gasteiger partial charge in [0.05, 0.1) is 18.1 Å². The molecule has 182 valence electrons. The van der Waals surface area contributed by atoms with Crippen LogP contribution in [0.25, 0.3) is 0 Å². The summed E-state index contributed by atoms with van der Waals surface area (Å²) < 4.78 is 44.8. The van der Waals surface area contributed by atoms with Gasteiger partial charge in [-0.3, -0.25) is 4.79 Å². The van der Waals surface area contributed by atoms with Crippen molar-refractivity contribution in [3.63, 3.8) is 0 Å². The lowest BCUT2D eigenvalue weighted by molar-refractivity contribution is -0.141. The third-order valence-corrected chi connectivity index (χ3v) is 6.82. The van der Waals surface area contributed by atoms with Gasteiger partial charge in [-0.25, -0.2) is 8.78 Å². The molecule has 5 nitrogen and oxygen atoms in total. The van der Waals surface area contributed by atoms with Gasteiger partial charge in [-0.1, -0.05) is 19.8 Å². The van der Waals surface area contributed by atoms with Crippen LogP contribution in [0.15, 0.2) is 12.1 Å². The summed E-state index contributed by atoms with van der Waals surface area (Å²) in [6, 6.07) is 3.20. The number of hydrogen-bond acceptors (Lipinski definition) is 5. The molecular weight excluding hydrogens is 428 g/mol. The van der Waals surface area contributed by atoms with Crippen LogP contribution in [0, 0.1) is 34.8 Å². The molecule has 0 heterocycles. The van der Waals surface area contributed by atoms with Gasteiger partial charge in [-0.05, 0) is 63.7 Å². The van der Waals surface area contributed by atoms with Gasteiger partial charge >= 0.3 is 5.97 Å². The fourth-order valence-corrected chi connectivity index (χ4v) is 4.72. The summed E-state index contributed by atoms with van der Waals surface area (Å²) in [5.74, 6) is -2.51. The van der Waals surface area contributed by atoms with Gasteiger partial charge in [0.1, 0.15) is 29.0 Å². The van der Waals surface area contributed by atoms with E-state index in [1.165, 1.54) is 18.9 Å². The first-order valence-corrected chi connectivity index (χ1v) is 12.3. The number of rotatable bonds is 10. The molecule has 0 spiro atoms. The van der Waals surface area contributed by atoms with Crippen molar-refractivity contribution in [2.75, 3.05) is 13.2 Å². The van der Waals surface area contributed by atoms with Crippen LogP contribution in [0.1, 0.15) is 83.1 Å². The van der Waals surface area contributed by atoms with Crippen molar-refractivity contribution in [1.82, 2.24) is 0 Å². The molecule has 0 bridgehead atoms. The Morgan fingerprint density at radius 1 is 0.970 bits per heavy atom. The molecule has 2 aliphatic carbocycles. The summed E-state index contributed by atoms with van der Waals surface area (Å²) in [4.78, 5) is 12.4. The number of carbonyl (C=O) groups is 1. The van der Waals surface area contributed by atoms with Crippen molar-refractivity contribution in [2.45, 2.75) is 89.8 Å². The second-order valence-electron chi connectivity index (χ2n) is 9.32. The molecular formula is C26H35F2NO4. The molecule has 0 N–H and O–H groups in total. The van der Waals surface area contributed by atoms with Crippen LogP contribution in [-0.4, -0.2) is 31.4 Å². The Hall–Kier alpha value is -2.04. The first-order valence-electron chi connectivity index (χ1n) is 12.3. The van der Waals surface area contributed by atoms with E-state index in [1.807, 2.05) is 0 Å². The predicted octanol–water partition coefficient (Wildman–Crippen LogP) is 6.08. The average Bonchev–Trinajstić information content (AvgIpc) is 2.81. The fourth-order valence-electron chi connectivity index (χ4n) is 4.72.